The Balaban J connectivity index is 1.93. The van der Waals surface area contributed by atoms with Crippen LogP contribution in [0.25, 0.3) is 0 Å². The van der Waals surface area contributed by atoms with Crippen molar-refractivity contribution in [2.75, 3.05) is 17.7 Å². The third-order valence-corrected chi connectivity index (χ3v) is 4.48. The molecule has 3 rings (SSSR count). The zero-order chi connectivity index (χ0) is 14.8. The lowest BCUT2D eigenvalue weighted by Gasteiger charge is -2.26. The van der Waals surface area contributed by atoms with Gasteiger partial charge in [-0.1, -0.05) is 0 Å². The van der Waals surface area contributed by atoms with Crippen LogP contribution < -0.4 is 16.0 Å². The summed E-state index contributed by atoms with van der Waals surface area (Å²) in [7, 11) is 1.64. The van der Waals surface area contributed by atoms with Crippen molar-refractivity contribution in [2.24, 2.45) is 0 Å². The molecule has 4 nitrogen and oxygen atoms in total. The van der Waals surface area contributed by atoms with E-state index in [-0.39, 0.29) is 5.91 Å². The molecule has 0 atom stereocenters. The van der Waals surface area contributed by atoms with Crippen molar-refractivity contribution in [2.45, 2.75) is 25.4 Å². The van der Waals surface area contributed by atoms with Crippen LogP contribution in [0.3, 0.4) is 0 Å². The van der Waals surface area contributed by atoms with Crippen LogP contribution in [-0.2, 0) is 6.54 Å². The highest BCUT2D eigenvalue weighted by Gasteiger charge is 2.30. The Bertz CT molecular complexity index is 635. The van der Waals surface area contributed by atoms with Crippen molar-refractivity contribution in [3.63, 3.8) is 0 Å². The van der Waals surface area contributed by atoms with Crippen LogP contribution in [0.4, 0.5) is 11.4 Å². The molecule has 1 aliphatic carbocycles. The lowest BCUT2D eigenvalue weighted by molar-refractivity contribution is 0.0963. The van der Waals surface area contributed by atoms with E-state index in [1.165, 1.54) is 18.4 Å². The Kier molecular flexibility index (Phi) is 3.84. The summed E-state index contributed by atoms with van der Waals surface area (Å²) in [5.74, 6) is -0.0810. The summed E-state index contributed by atoms with van der Waals surface area (Å²) in [5, 5.41) is 6.91. The average Bonchev–Trinajstić information content (AvgIpc) is 3.21. The Morgan fingerprint density at radius 2 is 2.24 bits per heavy atom. The second-order valence-electron chi connectivity index (χ2n) is 5.34. The number of benzene rings is 1. The highest BCUT2D eigenvalue weighted by atomic mass is 32.1. The number of carbonyl (C=O) groups is 1. The summed E-state index contributed by atoms with van der Waals surface area (Å²) in [6.07, 6.45) is 2.38. The fourth-order valence-electron chi connectivity index (χ4n) is 2.45. The van der Waals surface area contributed by atoms with Gasteiger partial charge in [-0.25, -0.2) is 0 Å². The first-order valence-corrected chi connectivity index (χ1v) is 8.02. The Hall–Kier alpha value is -2.01. The van der Waals surface area contributed by atoms with E-state index in [2.05, 4.69) is 27.0 Å². The second kappa shape index (κ2) is 5.77. The zero-order valence-electron chi connectivity index (χ0n) is 12.0. The molecule has 1 aliphatic rings. The summed E-state index contributed by atoms with van der Waals surface area (Å²) in [6.45, 7) is 0.843. The molecule has 0 saturated heterocycles. The van der Waals surface area contributed by atoms with Crippen LogP contribution in [0.2, 0.25) is 0 Å². The third-order valence-electron chi connectivity index (χ3n) is 3.75. The quantitative estimate of drug-likeness (QED) is 0.835. The number of nitrogens with one attached hydrogen (secondary N) is 1. The minimum atomic E-state index is -0.0810. The van der Waals surface area contributed by atoms with E-state index in [9.17, 15) is 4.79 Å². The predicted molar refractivity (Wildman–Crippen MR) is 87.8 cm³/mol. The van der Waals surface area contributed by atoms with Crippen LogP contribution >= 0.6 is 11.3 Å². The molecule has 110 valence electrons. The van der Waals surface area contributed by atoms with Gasteiger partial charge >= 0.3 is 0 Å². The molecule has 0 bridgehead atoms. The number of carbonyl (C=O) groups excluding carboxylic acids is 1. The molecule has 21 heavy (non-hydrogen) atoms. The fourth-order valence-corrected chi connectivity index (χ4v) is 3.11. The first-order valence-electron chi connectivity index (χ1n) is 7.08. The molecule has 1 aromatic carbocycles. The molecule has 1 saturated carbocycles. The second-order valence-corrected chi connectivity index (χ2v) is 6.12. The minimum absolute atomic E-state index is 0.0810. The number of anilines is 2. The van der Waals surface area contributed by atoms with E-state index < -0.39 is 0 Å². The molecule has 1 aromatic heterocycles. The Morgan fingerprint density at radius 1 is 1.43 bits per heavy atom. The van der Waals surface area contributed by atoms with Gasteiger partial charge in [-0.15, -0.1) is 0 Å². The van der Waals surface area contributed by atoms with Gasteiger partial charge in [-0.3, -0.25) is 4.79 Å². The molecule has 0 aliphatic heterocycles. The smallest absolute Gasteiger partial charge is 0.251 e. The number of rotatable bonds is 5. The fraction of sp³-hybridized carbons (Fsp3) is 0.312. The van der Waals surface area contributed by atoms with Gasteiger partial charge in [0.25, 0.3) is 5.91 Å². The molecule has 0 spiro atoms. The maximum absolute atomic E-state index is 11.8. The van der Waals surface area contributed by atoms with Crippen LogP contribution in [0.15, 0.2) is 35.0 Å². The Labute approximate surface area is 128 Å². The molecular weight excluding hydrogens is 282 g/mol. The van der Waals surface area contributed by atoms with Crippen molar-refractivity contribution < 1.29 is 4.79 Å². The van der Waals surface area contributed by atoms with Gasteiger partial charge in [0.1, 0.15) is 0 Å². The molecule has 0 radical (unpaired) electrons. The molecule has 5 heteroatoms. The summed E-state index contributed by atoms with van der Waals surface area (Å²) >= 11 is 1.70. The van der Waals surface area contributed by atoms with Gasteiger partial charge in [-0.2, -0.15) is 11.3 Å². The van der Waals surface area contributed by atoms with Crippen LogP contribution in [0.1, 0.15) is 28.8 Å². The molecule has 1 fully saturated rings. The molecule has 1 amide bonds. The highest BCUT2D eigenvalue weighted by molar-refractivity contribution is 7.07. The van der Waals surface area contributed by atoms with Crippen molar-refractivity contribution in [3.8, 4) is 0 Å². The van der Waals surface area contributed by atoms with E-state index in [1.807, 2.05) is 12.1 Å². The number of thiophene rings is 1. The number of nitrogens with zero attached hydrogens (tertiary/aromatic N) is 1. The lowest BCUT2D eigenvalue weighted by atomic mass is 10.1. The van der Waals surface area contributed by atoms with Gasteiger partial charge in [0.2, 0.25) is 0 Å². The topological polar surface area (TPSA) is 58.4 Å². The van der Waals surface area contributed by atoms with Crippen molar-refractivity contribution >= 4 is 28.6 Å². The van der Waals surface area contributed by atoms with Gasteiger partial charge < -0.3 is 16.0 Å². The van der Waals surface area contributed by atoms with Gasteiger partial charge in [-0.05, 0) is 53.4 Å². The minimum Gasteiger partial charge on any atom is -0.397 e. The van der Waals surface area contributed by atoms with E-state index >= 15 is 0 Å². The number of nitrogens with two attached hydrogens (primary N) is 1. The normalized spacial score (nSPS) is 14.0. The SMILES string of the molecule is CNC(=O)c1ccc(N)c(N(Cc2ccsc2)C2CC2)c1. The number of hydrogen-bond donors (Lipinski definition) is 2. The van der Waals surface area contributed by atoms with Crippen LogP contribution in [0, 0.1) is 0 Å². The molecule has 1 heterocycles. The molecular formula is C16H19N3OS. The molecule has 3 N–H and O–H groups in total. The van der Waals surface area contributed by atoms with Gasteiger partial charge in [0.05, 0.1) is 11.4 Å². The summed E-state index contributed by atoms with van der Waals surface area (Å²) in [4.78, 5) is 14.2. The van der Waals surface area contributed by atoms with Gasteiger partial charge in [0.15, 0.2) is 0 Å². The first kappa shape index (κ1) is 13.9. The summed E-state index contributed by atoms with van der Waals surface area (Å²) in [6, 6.07) is 8.17. The average molecular weight is 301 g/mol. The monoisotopic (exact) mass is 301 g/mol. The maximum Gasteiger partial charge on any atom is 0.251 e. The highest BCUT2D eigenvalue weighted by Crippen LogP contribution is 2.36. The van der Waals surface area contributed by atoms with Gasteiger partial charge in [0, 0.05) is 25.2 Å². The van der Waals surface area contributed by atoms with Crippen LogP contribution in [-0.4, -0.2) is 19.0 Å². The van der Waals surface area contributed by atoms with Crippen molar-refractivity contribution in [1.82, 2.24) is 5.32 Å². The van der Waals surface area contributed by atoms with E-state index in [0.717, 1.165) is 17.9 Å². The summed E-state index contributed by atoms with van der Waals surface area (Å²) in [5.41, 5.74) is 9.78. The third kappa shape index (κ3) is 3.03. The van der Waals surface area contributed by atoms with E-state index in [0.29, 0.717) is 11.6 Å². The standard InChI is InChI=1S/C16H19N3OS/c1-18-16(20)12-2-5-14(17)15(8-12)19(13-3-4-13)9-11-6-7-21-10-11/h2,5-8,10,13H,3-4,9,17H2,1H3,(H,18,20). The molecule has 2 aromatic rings. The van der Waals surface area contributed by atoms with E-state index in [4.69, 9.17) is 5.73 Å². The van der Waals surface area contributed by atoms with Crippen molar-refractivity contribution in [3.05, 3.63) is 46.2 Å². The van der Waals surface area contributed by atoms with Crippen molar-refractivity contribution in [1.29, 1.82) is 0 Å². The Morgan fingerprint density at radius 3 is 2.86 bits per heavy atom. The number of hydrogen-bond acceptors (Lipinski definition) is 4. The predicted octanol–water partition coefficient (Wildman–Crippen LogP) is 2.86. The zero-order valence-corrected chi connectivity index (χ0v) is 12.8. The largest absolute Gasteiger partial charge is 0.397 e. The number of nitrogen functional groups attached to an aromatic ring is 1. The van der Waals surface area contributed by atoms with E-state index in [1.54, 1.807) is 24.5 Å². The molecule has 0 unspecified atom stereocenters. The summed E-state index contributed by atoms with van der Waals surface area (Å²) < 4.78 is 0. The first-order chi connectivity index (χ1) is 10.2. The maximum atomic E-state index is 11.8. The lowest BCUT2D eigenvalue weighted by Crippen LogP contribution is -2.26. The number of amides is 1. The van der Waals surface area contributed by atoms with Crippen LogP contribution in [0.5, 0.6) is 0 Å².